The quantitative estimate of drug-likeness (QED) is 0.853. The largest absolute Gasteiger partial charge is 0.320 e. The Kier molecular flexibility index (Phi) is 3.48. The third kappa shape index (κ3) is 2.16. The maximum atomic E-state index is 14.1. The first-order valence-corrected chi connectivity index (χ1v) is 6.09. The molecular weight excluding hydrogens is 225 g/mol. The summed E-state index contributed by atoms with van der Waals surface area (Å²) in [7, 11) is 0. The Bertz CT molecular complexity index is 524. The van der Waals surface area contributed by atoms with Crippen LogP contribution in [0.1, 0.15) is 33.9 Å². The number of rotatable bonds is 2. The highest BCUT2D eigenvalue weighted by atomic mass is 19.1. The number of hydrogen-bond donors (Lipinski definition) is 1. The molecule has 2 rings (SSSR count). The van der Waals surface area contributed by atoms with Crippen molar-refractivity contribution in [3.63, 3.8) is 0 Å². The van der Waals surface area contributed by atoms with E-state index in [0.717, 1.165) is 11.1 Å². The van der Waals surface area contributed by atoms with E-state index in [1.165, 1.54) is 5.56 Å². The van der Waals surface area contributed by atoms with Crippen molar-refractivity contribution < 1.29 is 4.39 Å². The molecule has 0 spiro atoms. The van der Waals surface area contributed by atoms with Gasteiger partial charge in [-0.25, -0.2) is 4.39 Å². The highest BCUT2D eigenvalue weighted by Gasteiger charge is 2.16. The second-order valence-corrected chi connectivity index (χ2v) is 4.74. The Morgan fingerprint density at radius 2 is 1.44 bits per heavy atom. The molecule has 0 aliphatic rings. The van der Waals surface area contributed by atoms with Crippen molar-refractivity contribution in [2.75, 3.05) is 0 Å². The molecule has 0 heterocycles. The van der Waals surface area contributed by atoms with Gasteiger partial charge in [-0.05, 0) is 43.0 Å². The minimum atomic E-state index is -0.412. The van der Waals surface area contributed by atoms with Gasteiger partial charge in [0.1, 0.15) is 5.82 Å². The third-order valence-corrected chi connectivity index (χ3v) is 3.54. The molecule has 0 aliphatic heterocycles. The van der Waals surface area contributed by atoms with Crippen molar-refractivity contribution in [3.05, 3.63) is 70.0 Å². The van der Waals surface area contributed by atoms with Gasteiger partial charge in [0.05, 0.1) is 6.04 Å². The molecule has 0 saturated carbocycles. The molecule has 0 radical (unpaired) electrons. The molecule has 2 aromatic rings. The number of halogens is 1. The van der Waals surface area contributed by atoms with Crippen molar-refractivity contribution >= 4 is 0 Å². The summed E-state index contributed by atoms with van der Waals surface area (Å²) >= 11 is 0. The van der Waals surface area contributed by atoms with Gasteiger partial charge >= 0.3 is 0 Å². The lowest BCUT2D eigenvalue weighted by atomic mass is 9.92. The standard InChI is InChI=1S/C16H18FN/c1-10-6-4-8-13(12(10)3)16(18)14-9-5-7-11(2)15(14)17/h4-9,16H,18H2,1-3H3. The normalized spacial score (nSPS) is 12.5. The van der Waals surface area contributed by atoms with Gasteiger partial charge in [0.2, 0.25) is 0 Å². The molecule has 0 amide bonds. The number of aryl methyl sites for hydroxylation is 2. The van der Waals surface area contributed by atoms with Crippen LogP contribution < -0.4 is 5.73 Å². The molecule has 1 nitrogen and oxygen atoms in total. The third-order valence-electron chi connectivity index (χ3n) is 3.54. The van der Waals surface area contributed by atoms with Crippen LogP contribution in [0.4, 0.5) is 4.39 Å². The van der Waals surface area contributed by atoms with Crippen LogP contribution in [0.5, 0.6) is 0 Å². The minimum Gasteiger partial charge on any atom is -0.320 e. The van der Waals surface area contributed by atoms with E-state index >= 15 is 0 Å². The van der Waals surface area contributed by atoms with Crippen LogP contribution in [-0.2, 0) is 0 Å². The summed E-state index contributed by atoms with van der Waals surface area (Å²) in [6.45, 7) is 5.82. The number of benzene rings is 2. The average Bonchev–Trinajstić information content (AvgIpc) is 2.35. The fourth-order valence-electron chi connectivity index (χ4n) is 2.19. The van der Waals surface area contributed by atoms with Crippen LogP contribution in [-0.4, -0.2) is 0 Å². The summed E-state index contributed by atoms with van der Waals surface area (Å²) in [6, 6.07) is 10.9. The molecule has 1 unspecified atom stereocenters. The van der Waals surface area contributed by atoms with Gasteiger partial charge in [0.15, 0.2) is 0 Å². The molecule has 0 bridgehead atoms. The highest BCUT2D eigenvalue weighted by Crippen LogP contribution is 2.27. The van der Waals surface area contributed by atoms with E-state index in [4.69, 9.17) is 5.73 Å². The summed E-state index contributed by atoms with van der Waals surface area (Å²) in [5.74, 6) is -0.203. The van der Waals surface area contributed by atoms with Crippen LogP contribution in [0.15, 0.2) is 36.4 Å². The average molecular weight is 243 g/mol. The van der Waals surface area contributed by atoms with Gasteiger partial charge in [0, 0.05) is 5.56 Å². The van der Waals surface area contributed by atoms with E-state index in [2.05, 4.69) is 0 Å². The lowest BCUT2D eigenvalue weighted by Gasteiger charge is -2.18. The fraction of sp³-hybridized carbons (Fsp3) is 0.250. The second-order valence-electron chi connectivity index (χ2n) is 4.74. The summed E-state index contributed by atoms with van der Waals surface area (Å²) in [6.07, 6.45) is 0. The van der Waals surface area contributed by atoms with E-state index in [1.54, 1.807) is 19.1 Å². The highest BCUT2D eigenvalue weighted by molar-refractivity contribution is 5.41. The molecule has 2 heteroatoms. The molecule has 0 saturated heterocycles. The zero-order chi connectivity index (χ0) is 13.3. The van der Waals surface area contributed by atoms with Crippen molar-refractivity contribution in [2.24, 2.45) is 5.73 Å². The molecule has 1 atom stereocenters. The van der Waals surface area contributed by atoms with E-state index in [0.29, 0.717) is 11.1 Å². The zero-order valence-corrected chi connectivity index (χ0v) is 11.0. The van der Waals surface area contributed by atoms with Crippen LogP contribution in [0.3, 0.4) is 0 Å². The SMILES string of the molecule is Cc1cccc(C(N)c2cccc(C)c2F)c1C. The van der Waals surface area contributed by atoms with E-state index in [-0.39, 0.29) is 5.82 Å². The summed E-state index contributed by atoms with van der Waals surface area (Å²) in [5, 5.41) is 0. The van der Waals surface area contributed by atoms with E-state index in [1.807, 2.05) is 38.1 Å². The van der Waals surface area contributed by atoms with Crippen LogP contribution in [0, 0.1) is 26.6 Å². The van der Waals surface area contributed by atoms with Crippen LogP contribution >= 0.6 is 0 Å². The van der Waals surface area contributed by atoms with Gasteiger partial charge in [-0.3, -0.25) is 0 Å². The monoisotopic (exact) mass is 243 g/mol. The Hall–Kier alpha value is -1.67. The van der Waals surface area contributed by atoms with E-state index in [9.17, 15) is 4.39 Å². The van der Waals surface area contributed by atoms with Gasteiger partial charge < -0.3 is 5.73 Å². The lowest BCUT2D eigenvalue weighted by molar-refractivity contribution is 0.590. The first-order valence-electron chi connectivity index (χ1n) is 6.09. The molecule has 94 valence electrons. The molecule has 18 heavy (non-hydrogen) atoms. The van der Waals surface area contributed by atoms with Crippen molar-refractivity contribution in [3.8, 4) is 0 Å². The predicted molar refractivity (Wildman–Crippen MR) is 73.1 cm³/mol. The molecule has 2 aromatic carbocycles. The fourth-order valence-corrected chi connectivity index (χ4v) is 2.19. The molecule has 0 aliphatic carbocycles. The topological polar surface area (TPSA) is 26.0 Å². The number of hydrogen-bond acceptors (Lipinski definition) is 1. The minimum absolute atomic E-state index is 0.203. The maximum Gasteiger partial charge on any atom is 0.131 e. The summed E-state index contributed by atoms with van der Waals surface area (Å²) in [5.41, 5.74) is 10.7. The second kappa shape index (κ2) is 4.91. The smallest absolute Gasteiger partial charge is 0.131 e. The maximum absolute atomic E-state index is 14.1. The lowest BCUT2D eigenvalue weighted by Crippen LogP contribution is -2.15. The Labute approximate surface area is 107 Å². The molecule has 2 N–H and O–H groups in total. The summed E-state index contributed by atoms with van der Waals surface area (Å²) < 4.78 is 14.1. The Morgan fingerprint density at radius 1 is 0.889 bits per heavy atom. The first-order chi connectivity index (χ1) is 8.52. The van der Waals surface area contributed by atoms with Crippen molar-refractivity contribution in [1.82, 2.24) is 0 Å². The first kappa shape index (κ1) is 12.8. The van der Waals surface area contributed by atoms with Gasteiger partial charge in [0.25, 0.3) is 0 Å². The zero-order valence-electron chi connectivity index (χ0n) is 11.0. The number of nitrogens with two attached hydrogens (primary N) is 1. The van der Waals surface area contributed by atoms with E-state index < -0.39 is 6.04 Å². The van der Waals surface area contributed by atoms with Gasteiger partial charge in [-0.15, -0.1) is 0 Å². The Morgan fingerprint density at radius 3 is 2.11 bits per heavy atom. The van der Waals surface area contributed by atoms with Crippen LogP contribution in [0.25, 0.3) is 0 Å². The van der Waals surface area contributed by atoms with Crippen molar-refractivity contribution in [1.29, 1.82) is 0 Å². The summed E-state index contributed by atoms with van der Waals surface area (Å²) in [4.78, 5) is 0. The molecular formula is C16H18FN. The van der Waals surface area contributed by atoms with Crippen LogP contribution in [0.2, 0.25) is 0 Å². The van der Waals surface area contributed by atoms with Gasteiger partial charge in [-0.1, -0.05) is 36.4 Å². The van der Waals surface area contributed by atoms with Crippen molar-refractivity contribution in [2.45, 2.75) is 26.8 Å². The Balaban J connectivity index is 2.51. The molecule has 0 aromatic heterocycles. The molecule has 0 fully saturated rings. The predicted octanol–water partition coefficient (Wildman–Crippen LogP) is 3.80. The van der Waals surface area contributed by atoms with Gasteiger partial charge in [-0.2, -0.15) is 0 Å².